The SMILES string of the molecule is COC(OC)/C(C)=C/C=C(C)C. The van der Waals surface area contributed by atoms with Gasteiger partial charge < -0.3 is 9.47 Å². The first-order valence-corrected chi connectivity index (χ1v) is 3.99. The Bertz CT molecular complexity index is 172. The van der Waals surface area contributed by atoms with Gasteiger partial charge in [0, 0.05) is 14.2 Å². The van der Waals surface area contributed by atoms with Gasteiger partial charge in [0.2, 0.25) is 0 Å². The maximum atomic E-state index is 5.07. The summed E-state index contributed by atoms with van der Waals surface area (Å²) in [7, 11) is 3.27. The van der Waals surface area contributed by atoms with Crippen LogP contribution in [0.3, 0.4) is 0 Å². The second-order valence-corrected chi connectivity index (χ2v) is 2.96. The third-order valence-corrected chi connectivity index (χ3v) is 1.48. The molecule has 0 aromatic carbocycles. The van der Waals surface area contributed by atoms with Gasteiger partial charge in [-0.15, -0.1) is 0 Å². The summed E-state index contributed by atoms with van der Waals surface area (Å²) < 4.78 is 10.1. The monoisotopic (exact) mass is 170 g/mol. The first-order chi connectivity index (χ1) is 5.61. The molecule has 0 atom stereocenters. The van der Waals surface area contributed by atoms with Crippen LogP contribution in [0.4, 0.5) is 0 Å². The molecule has 0 aromatic rings. The fourth-order valence-electron chi connectivity index (χ4n) is 0.845. The van der Waals surface area contributed by atoms with Crippen LogP contribution in [0.5, 0.6) is 0 Å². The van der Waals surface area contributed by atoms with Crippen LogP contribution in [0.1, 0.15) is 20.8 Å². The minimum absolute atomic E-state index is 0.222. The molecular weight excluding hydrogens is 152 g/mol. The normalized spacial score (nSPS) is 12.0. The molecule has 0 radical (unpaired) electrons. The molecule has 2 nitrogen and oxygen atoms in total. The Hall–Kier alpha value is -0.600. The van der Waals surface area contributed by atoms with Gasteiger partial charge in [-0.1, -0.05) is 17.7 Å². The predicted molar refractivity (Wildman–Crippen MR) is 51.0 cm³/mol. The van der Waals surface area contributed by atoms with Crippen LogP contribution in [0.15, 0.2) is 23.3 Å². The first-order valence-electron chi connectivity index (χ1n) is 3.99. The summed E-state index contributed by atoms with van der Waals surface area (Å²) in [6.07, 6.45) is 3.83. The molecule has 0 fully saturated rings. The lowest BCUT2D eigenvalue weighted by Crippen LogP contribution is -2.13. The average Bonchev–Trinajstić information content (AvgIpc) is 2.03. The van der Waals surface area contributed by atoms with Crippen molar-refractivity contribution in [1.82, 2.24) is 0 Å². The van der Waals surface area contributed by atoms with Gasteiger partial charge in [0.25, 0.3) is 0 Å². The van der Waals surface area contributed by atoms with Crippen LogP contribution >= 0.6 is 0 Å². The zero-order chi connectivity index (χ0) is 9.56. The molecule has 0 saturated carbocycles. The highest BCUT2D eigenvalue weighted by atomic mass is 16.7. The topological polar surface area (TPSA) is 18.5 Å². The highest BCUT2D eigenvalue weighted by Crippen LogP contribution is 2.06. The van der Waals surface area contributed by atoms with E-state index in [-0.39, 0.29) is 6.29 Å². The van der Waals surface area contributed by atoms with Crippen molar-refractivity contribution in [2.24, 2.45) is 0 Å². The Morgan fingerprint density at radius 1 is 1.00 bits per heavy atom. The van der Waals surface area contributed by atoms with Crippen molar-refractivity contribution in [3.8, 4) is 0 Å². The van der Waals surface area contributed by atoms with E-state index < -0.39 is 0 Å². The van der Waals surface area contributed by atoms with Crippen LogP contribution in [0.2, 0.25) is 0 Å². The predicted octanol–water partition coefficient (Wildman–Crippen LogP) is 2.52. The molecule has 0 amide bonds. The summed E-state index contributed by atoms with van der Waals surface area (Å²) in [4.78, 5) is 0. The third kappa shape index (κ3) is 4.31. The van der Waals surface area contributed by atoms with Gasteiger partial charge in [-0.05, 0) is 26.3 Å². The van der Waals surface area contributed by atoms with E-state index in [1.165, 1.54) is 5.57 Å². The molecule has 12 heavy (non-hydrogen) atoms. The Balaban J connectivity index is 4.24. The molecule has 0 bridgehead atoms. The minimum Gasteiger partial charge on any atom is -0.352 e. The van der Waals surface area contributed by atoms with Crippen molar-refractivity contribution in [1.29, 1.82) is 0 Å². The maximum absolute atomic E-state index is 5.07. The maximum Gasteiger partial charge on any atom is 0.179 e. The van der Waals surface area contributed by atoms with Crippen molar-refractivity contribution in [2.75, 3.05) is 14.2 Å². The molecule has 0 aliphatic heterocycles. The third-order valence-electron chi connectivity index (χ3n) is 1.48. The second kappa shape index (κ2) is 5.98. The zero-order valence-electron chi connectivity index (χ0n) is 8.55. The van der Waals surface area contributed by atoms with Gasteiger partial charge in [0.1, 0.15) is 0 Å². The lowest BCUT2D eigenvalue weighted by atomic mass is 10.2. The highest BCUT2D eigenvalue weighted by molar-refractivity contribution is 5.15. The molecule has 0 aliphatic rings. The number of rotatable bonds is 4. The van der Waals surface area contributed by atoms with Crippen LogP contribution in [0.25, 0.3) is 0 Å². The van der Waals surface area contributed by atoms with E-state index >= 15 is 0 Å². The van der Waals surface area contributed by atoms with Crippen LogP contribution in [-0.4, -0.2) is 20.5 Å². The van der Waals surface area contributed by atoms with Gasteiger partial charge in [0.05, 0.1) is 0 Å². The fraction of sp³-hybridized carbons (Fsp3) is 0.600. The van der Waals surface area contributed by atoms with Gasteiger partial charge >= 0.3 is 0 Å². The molecule has 0 saturated heterocycles. The smallest absolute Gasteiger partial charge is 0.179 e. The van der Waals surface area contributed by atoms with Gasteiger partial charge in [-0.2, -0.15) is 0 Å². The zero-order valence-corrected chi connectivity index (χ0v) is 8.55. The molecule has 0 N–H and O–H groups in total. The molecule has 0 aliphatic carbocycles. The minimum atomic E-state index is -0.222. The molecule has 0 rings (SSSR count). The van der Waals surface area contributed by atoms with Crippen molar-refractivity contribution < 1.29 is 9.47 Å². The summed E-state index contributed by atoms with van der Waals surface area (Å²) in [6.45, 7) is 6.09. The largest absolute Gasteiger partial charge is 0.352 e. The molecule has 0 spiro atoms. The lowest BCUT2D eigenvalue weighted by molar-refractivity contribution is -0.0746. The summed E-state index contributed by atoms with van der Waals surface area (Å²) in [5.41, 5.74) is 2.33. The molecular formula is C10H18O2. The quantitative estimate of drug-likeness (QED) is 0.477. The number of hydrogen-bond acceptors (Lipinski definition) is 2. The number of ether oxygens (including phenoxy) is 2. The number of hydrogen-bond donors (Lipinski definition) is 0. The number of allylic oxidation sites excluding steroid dienone is 3. The number of methoxy groups -OCH3 is 2. The van der Waals surface area contributed by atoms with Gasteiger partial charge in [-0.3, -0.25) is 0 Å². The first kappa shape index (κ1) is 11.4. The summed E-state index contributed by atoms with van der Waals surface area (Å²) in [6, 6.07) is 0. The van der Waals surface area contributed by atoms with E-state index in [9.17, 15) is 0 Å². The van der Waals surface area contributed by atoms with E-state index in [4.69, 9.17) is 9.47 Å². The van der Waals surface area contributed by atoms with Gasteiger partial charge in [-0.25, -0.2) is 0 Å². The Kier molecular flexibility index (Phi) is 5.68. The van der Waals surface area contributed by atoms with Crippen LogP contribution < -0.4 is 0 Å². The molecule has 70 valence electrons. The van der Waals surface area contributed by atoms with Crippen LogP contribution in [0, 0.1) is 0 Å². The van der Waals surface area contributed by atoms with E-state index in [1.807, 2.05) is 19.1 Å². The van der Waals surface area contributed by atoms with E-state index in [0.29, 0.717) is 0 Å². The van der Waals surface area contributed by atoms with E-state index in [1.54, 1.807) is 14.2 Å². The summed E-state index contributed by atoms with van der Waals surface area (Å²) >= 11 is 0. The van der Waals surface area contributed by atoms with E-state index in [2.05, 4.69) is 13.8 Å². The summed E-state index contributed by atoms with van der Waals surface area (Å²) in [5.74, 6) is 0. The Morgan fingerprint density at radius 2 is 1.50 bits per heavy atom. The summed E-state index contributed by atoms with van der Waals surface area (Å²) in [5, 5.41) is 0. The molecule has 0 heterocycles. The molecule has 2 heteroatoms. The lowest BCUT2D eigenvalue weighted by Gasteiger charge is -2.12. The second-order valence-electron chi connectivity index (χ2n) is 2.96. The van der Waals surface area contributed by atoms with Gasteiger partial charge in [0.15, 0.2) is 6.29 Å². The Morgan fingerprint density at radius 3 is 1.83 bits per heavy atom. The standard InChI is InChI=1S/C10H18O2/c1-8(2)6-7-9(3)10(11-4)12-5/h6-7,10H,1-5H3/b9-7+. The van der Waals surface area contributed by atoms with Crippen LogP contribution in [-0.2, 0) is 9.47 Å². The van der Waals surface area contributed by atoms with Crippen molar-refractivity contribution in [2.45, 2.75) is 27.1 Å². The Labute approximate surface area is 74.9 Å². The highest BCUT2D eigenvalue weighted by Gasteiger charge is 2.04. The molecule has 0 unspecified atom stereocenters. The average molecular weight is 170 g/mol. The van der Waals surface area contributed by atoms with E-state index in [0.717, 1.165) is 5.57 Å². The fourth-order valence-corrected chi connectivity index (χ4v) is 0.845. The van der Waals surface area contributed by atoms with Crippen molar-refractivity contribution in [3.63, 3.8) is 0 Å². The van der Waals surface area contributed by atoms with Crippen molar-refractivity contribution >= 4 is 0 Å². The van der Waals surface area contributed by atoms with Crippen molar-refractivity contribution in [3.05, 3.63) is 23.3 Å². The molecule has 0 aromatic heterocycles.